The molecule has 7 heteroatoms. The van der Waals surface area contributed by atoms with Crippen LogP contribution in [-0.4, -0.2) is 22.3 Å². The van der Waals surface area contributed by atoms with Gasteiger partial charge in [0.15, 0.2) is 5.82 Å². The molecule has 0 unspecified atom stereocenters. The summed E-state index contributed by atoms with van der Waals surface area (Å²) in [6, 6.07) is 15.3. The number of nitrogens with zero attached hydrogens (tertiary/aromatic N) is 2. The van der Waals surface area contributed by atoms with Gasteiger partial charge >= 0.3 is 0 Å². The third-order valence-electron chi connectivity index (χ3n) is 3.98. The Balaban J connectivity index is 1.79. The highest BCUT2D eigenvalue weighted by molar-refractivity contribution is 5.90. The van der Waals surface area contributed by atoms with Gasteiger partial charge in [0.2, 0.25) is 5.88 Å². The first-order chi connectivity index (χ1) is 13.1. The molecule has 0 atom stereocenters. The van der Waals surface area contributed by atoms with Crippen LogP contribution in [-0.2, 0) is 0 Å². The number of aryl methyl sites for hydroxylation is 1. The van der Waals surface area contributed by atoms with Gasteiger partial charge in [-0.05, 0) is 48.7 Å². The molecule has 6 nitrogen and oxygen atoms in total. The Morgan fingerprint density at radius 2 is 1.89 bits per heavy atom. The van der Waals surface area contributed by atoms with Crippen LogP contribution in [0.15, 0.2) is 54.6 Å². The van der Waals surface area contributed by atoms with Gasteiger partial charge in [0, 0.05) is 23.2 Å². The number of aromatic amines is 1. The van der Waals surface area contributed by atoms with Crippen molar-refractivity contribution in [2.45, 2.75) is 6.92 Å². The van der Waals surface area contributed by atoms with Crippen molar-refractivity contribution in [1.29, 1.82) is 0 Å². The minimum absolute atomic E-state index is 0.357. The minimum Gasteiger partial charge on any atom is -0.497 e. The second-order valence-corrected chi connectivity index (χ2v) is 6.02. The maximum atomic E-state index is 13.5. The lowest BCUT2D eigenvalue weighted by atomic mass is 10.1. The highest BCUT2D eigenvalue weighted by Crippen LogP contribution is 2.33. The normalized spacial score (nSPS) is 10.8. The lowest BCUT2D eigenvalue weighted by Gasteiger charge is -2.12. The number of hydrogen-bond donors (Lipinski definition) is 2. The molecule has 2 heterocycles. The Kier molecular flexibility index (Phi) is 4.33. The highest BCUT2D eigenvalue weighted by Gasteiger charge is 2.11. The molecule has 0 aliphatic heterocycles. The first-order valence-corrected chi connectivity index (χ1v) is 8.32. The van der Waals surface area contributed by atoms with E-state index in [1.165, 1.54) is 12.1 Å². The van der Waals surface area contributed by atoms with Gasteiger partial charge in [-0.2, -0.15) is 10.1 Å². The monoisotopic (exact) mass is 364 g/mol. The van der Waals surface area contributed by atoms with E-state index in [-0.39, 0.29) is 5.82 Å². The Bertz CT molecular complexity index is 1110. The van der Waals surface area contributed by atoms with E-state index in [9.17, 15) is 4.39 Å². The van der Waals surface area contributed by atoms with Gasteiger partial charge < -0.3 is 14.8 Å². The molecule has 0 amide bonds. The number of rotatable bonds is 5. The van der Waals surface area contributed by atoms with Crippen LogP contribution in [0.5, 0.6) is 17.4 Å². The number of H-pyrrole nitrogens is 1. The fourth-order valence-corrected chi connectivity index (χ4v) is 2.73. The summed E-state index contributed by atoms with van der Waals surface area (Å²) < 4.78 is 24.7. The van der Waals surface area contributed by atoms with Gasteiger partial charge in [-0.1, -0.05) is 6.07 Å². The summed E-state index contributed by atoms with van der Waals surface area (Å²) >= 11 is 0. The largest absolute Gasteiger partial charge is 0.497 e. The van der Waals surface area contributed by atoms with E-state index in [0.717, 1.165) is 16.5 Å². The van der Waals surface area contributed by atoms with Crippen molar-refractivity contribution >= 4 is 22.4 Å². The molecule has 0 spiro atoms. The van der Waals surface area contributed by atoms with Crippen molar-refractivity contribution in [1.82, 2.24) is 15.2 Å². The summed E-state index contributed by atoms with van der Waals surface area (Å²) in [6.45, 7) is 1.91. The molecule has 0 saturated heterocycles. The molecule has 136 valence electrons. The van der Waals surface area contributed by atoms with E-state index >= 15 is 0 Å². The summed E-state index contributed by atoms with van der Waals surface area (Å²) in [7, 11) is 1.61. The van der Waals surface area contributed by atoms with Crippen LogP contribution < -0.4 is 14.8 Å². The minimum atomic E-state index is -0.375. The van der Waals surface area contributed by atoms with E-state index in [2.05, 4.69) is 20.5 Å². The molecular weight excluding hydrogens is 347 g/mol. The number of nitrogens with one attached hydrogen (secondary N) is 2. The Morgan fingerprint density at radius 3 is 2.63 bits per heavy atom. The zero-order chi connectivity index (χ0) is 18.8. The number of fused-ring (bicyclic) bond motifs is 1. The molecular formula is C20H17FN4O2. The third-order valence-corrected chi connectivity index (χ3v) is 3.98. The molecule has 0 radical (unpaired) electrons. The maximum absolute atomic E-state index is 13.5. The van der Waals surface area contributed by atoms with Gasteiger partial charge in [-0.15, -0.1) is 0 Å². The van der Waals surface area contributed by atoms with Crippen molar-refractivity contribution in [3.8, 4) is 17.4 Å². The molecule has 0 fully saturated rings. The Hall–Kier alpha value is -3.61. The molecule has 0 aliphatic rings. The van der Waals surface area contributed by atoms with Gasteiger partial charge in [-0.25, -0.2) is 4.39 Å². The van der Waals surface area contributed by atoms with Crippen LogP contribution in [0.4, 0.5) is 16.0 Å². The zero-order valence-corrected chi connectivity index (χ0v) is 14.8. The van der Waals surface area contributed by atoms with Crippen molar-refractivity contribution in [2.75, 3.05) is 12.4 Å². The van der Waals surface area contributed by atoms with E-state index in [4.69, 9.17) is 9.47 Å². The average molecular weight is 364 g/mol. The fraction of sp³-hybridized carbons (Fsp3) is 0.100. The van der Waals surface area contributed by atoms with E-state index in [0.29, 0.717) is 29.0 Å². The molecule has 4 aromatic rings. The fourth-order valence-electron chi connectivity index (χ4n) is 2.73. The molecule has 2 N–H and O–H groups in total. The van der Waals surface area contributed by atoms with Crippen LogP contribution >= 0.6 is 0 Å². The lowest BCUT2D eigenvalue weighted by molar-refractivity contribution is 0.415. The van der Waals surface area contributed by atoms with E-state index < -0.39 is 0 Å². The predicted octanol–water partition coefficient (Wildman–Crippen LogP) is 4.95. The van der Waals surface area contributed by atoms with Gasteiger partial charge in [-0.3, -0.25) is 5.10 Å². The first-order valence-electron chi connectivity index (χ1n) is 8.32. The summed E-state index contributed by atoms with van der Waals surface area (Å²) in [5, 5.41) is 11.8. The molecule has 4 rings (SSSR count). The van der Waals surface area contributed by atoms with Crippen molar-refractivity contribution in [2.24, 2.45) is 0 Å². The van der Waals surface area contributed by atoms with Crippen LogP contribution in [0.3, 0.4) is 0 Å². The second kappa shape index (κ2) is 6.95. The first kappa shape index (κ1) is 16.8. The maximum Gasteiger partial charge on any atom is 0.229 e. The summed E-state index contributed by atoms with van der Waals surface area (Å²) in [5.74, 6) is 2.25. The Labute approximate surface area is 155 Å². The van der Waals surface area contributed by atoms with Gasteiger partial charge in [0.25, 0.3) is 0 Å². The van der Waals surface area contributed by atoms with Crippen LogP contribution in [0, 0.1) is 12.7 Å². The number of pyridine rings is 1. The summed E-state index contributed by atoms with van der Waals surface area (Å²) in [5.41, 5.74) is 0.927. The van der Waals surface area contributed by atoms with Crippen molar-refractivity contribution in [3.05, 3.63) is 66.1 Å². The molecule has 0 aliphatic carbocycles. The van der Waals surface area contributed by atoms with Crippen molar-refractivity contribution in [3.63, 3.8) is 0 Å². The average Bonchev–Trinajstić information content (AvgIpc) is 3.06. The lowest BCUT2D eigenvalue weighted by Crippen LogP contribution is -1.98. The van der Waals surface area contributed by atoms with Crippen molar-refractivity contribution < 1.29 is 13.9 Å². The number of benzene rings is 2. The van der Waals surface area contributed by atoms with Crippen LogP contribution in [0.1, 0.15) is 5.69 Å². The number of anilines is 2. The van der Waals surface area contributed by atoms with E-state index in [1.807, 2.05) is 37.3 Å². The predicted molar refractivity (Wildman–Crippen MR) is 101 cm³/mol. The summed E-state index contributed by atoms with van der Waals surface area (Å²) in [6.07, 6.45) is 0. The standard InChI is InChI=1S/C20H17FN4O2/c1-12-8-19(25-24-12)22-18-10-13-9-15(26-2)6-7-17(13)20(23-18)27-16-5-3-4-14(21)11-16/h3-11H,1-2H3,(H2,22,23,24,25). The Morgan fingerprint density at radius 1 is 1.00 bits per heavy atom. The quantitative estimate of drug-likeness (QED) is 0.524. The second-order valence-electron chi connectivity index (χ2n) is 6.02. The number of ether oxygens (including phenoxy) is 2. The van der Waals surface area contributed by atoms with E-state index in [1.54, 1.807) is 19.2 Å². The summed E-state index contributed by atoms with van der Waals surface area (Å²) in [4.78, 5) is 4.54. The number of methoxy groups -OCH3 is 1. The molecule has 2 aromatic heterocycles. The molecule has 2 aromatic carbocycles. The highest BCUT2D eigenvalue weighted by atomic mass is 19.1. The SMILES string of the molecule is COc1ccc2c(Oc3cccc(F)c3)nc(Nc3cc(C)[nH]n3)cc2c1. The third kappa shape index (κ3) is 3.67. The topological polar surface area (TPSA) is 72.1 Å². The molecule has 0 saturated carbocycles. The number of hydrogen-bond acceptors (Lipinski definition) is 5. The van der Waals surface area contributed by atoms with Crippen LogP contribution in [0.25, 0.3) is 10.8 Å². The van der Waals surface area contributed by atoms with Gasteiger partial charge in [0.05, 0.1) is 7.11 Å². The molecule has 27 heavy (non-hydrogen) atoms. The van der Waals surface area contributed by atoms with Gasteiger partial charge in [0.1, 0.15) is 23.1 Å². The smallest absolute Gasteiger partial charge is 0.229 e. The number of aromatic nitrogens is 3. The molecule has 0 bridgehead atoms. The number of halogens is 1. The zero-order valence-electron chi connectivity index (χ0n) is 14.8. The van der Waals surface area contributed by atoms with Crippen LogP contribution in [0.2, 0.25) is 0 Å².